The van der Waals surface area contributed by atoms with Crippen molar-refractivity contribution < 1.29 is 18.3 Å². The van der Waals surface area contributed by atoms with Crippen molar-refractivity contribution in [3.63, 3.8) is 0 Å². The summed E-state index contributed by atoms with van der Waals surface area (Å²) in [5.74, 6) is -0.732. The van der Waals surface area contributed by atoms with Gasteiger partial charge in [0.05, 0.1) is 19.2 Å². The Bertz CT molecular complexity index is 473. The summed E-state index contributed by atoms with van der Waals surface area (Å²) >= 11 is 3.06. The minimum atomic E-state index is -2.84. The zero-order valence-electron chi connectivity index (χ0n) is 8.93. The first-order valence-corrected chi connectivity index (χ1v) is 5.77. The van der Waals surface area contributed by atoms with Crippen LogP contribution in [0, 0.1) is 0 Å². The van der Waals surface area contributed by atoms with Crippen LogP contribution in [0.1, 0.15) is 23.2 Å². The van der Waals surface area contributed by atoms with Gasteiger partial charge >= 0.3 is 5.97 Å². The normalized spacial score (nSPS) is 10.6. The Morgan fingerprint density at radius 1 is 1.59 bits per heavy atom. The highest BCUT2D eigenvalue weighted by atomic mass is 79.9. The number of hydrogen-bond acceptors (Lipinski definition) is 3. The van der Waals surface area contributed by atoms with Gasteiger partial charge < -0.3 is 9.72 Å². The van der Waals surface area contributed by atoms with Crippen LogP contribution >= 0.6 is 15.9 Å². The van der Waals surface area contributed by atoms with Crippen LogP contribution in [-0.4, -0.2) is 18.1 Å². The van der Waals surface area contributed by atoms with E-state index in [1.165, 1.54) is 6.20 Å². The zero-order valence-corrected chi connectivity index (χ0v) is 10.5. The van der Waals surface area contributed by atoms with Gasteiger partial charge in [-0.2, -0.15) is 0 Å². The second-order valence-electron chi connectivity index (χ2n) is 3.22. The lowest BCUT2D eigenvalue weighted by Gasteiger charge is -2.08. The van der Waals surface area contributed by atoms with Crippen LogP contribution in [0.25, 0.3) is 0 Å². The molecule has 0 saturated heterocycles. The molecule has 0 aliphatic heterocycles. The van der Waals surface area contributed by atoms with Gasteiger partial charge in [-0.1, -0.05) is 15.9 Å². The number of pyridine rings is 1. The average Bonchev–Trinajstić information content (AvgIpc) is 2.30. The lowest BCUT2D eigenvalue weighted by atomic mass is 10.1. The number of hydrogen-bond donors (Lipinski definition) is 1. The Hall–Kier alpha value is -1.24. The number of nitrogens with one attached hydrogen (secondary N) is 1. The Balaban J connectivity index is 3.30. The number of ether oxygens (including phenoxy) is 1. The molecular weight excluding hydrogens is 300 g/mol. The molecule has 1 aromatic rings. The van der Waals surface area contributed by atoms with E-state index in [-0.39, 0.29) is 16.5 Å². The number of aromatic nitrogens is 1. The van der Waals surface area contributed by atoms with Crippen molar-refractivity contribution in [1.29, 1.82) is 0 Å². The number of carbonyl (C=O) groups excluding carboxylic acids is 1. The predicted molar refractivity (Wildman–Crippen MR) is 60.4 cm³/mol. The predicted octanol–water partition coefficient (Wildman–Crippen LogP) is 1.92. The molecule has 0 saturated carbocycles. The molecule has 0 radical (unpaired) electrons. The van der Waals surface area contributed by atoms with E-state index < -0.39 is 29.9 Å². The van der Waals surface area contributed by atoms with Gasteiger partial charge in [-0.3, -0.25) is 9.59 Å². The van der Waals surface area contributed by atoms with E-state index >= 15 is 0 Å². The van der Waals surface area contributed by atoms with Crippen molar-refractivity contribution in [2.75, 3.05) is 7.11 Å². The quantitative estimate of drug-likeness (QED) is 0.683. The van der Waals surface area contributed by atoms with Gasteiger partial charge in [0.15, 0.2) is 5.43 Å². The summed E-state index contributed by atoms with van der Waals surface area (Å²) in [5.41, 5.74) is -1.07. The molecule has 0 atom stereocenters. The van der Waals surface area contributed by atoms with Crippen LogP contribution in [-0.2, 0) is 21.3 Å². The molecule has 0 fully saturated rings. The van der Waals surface area contributed by atoms with Gasteiger partial charge in [0, 0.05) is 22.7 Å². The largest absolute Gasteiger partial charge is 0.469 e. The molecule has 4 nitrogen and oxygen atoms in total. The van der Waals surface area contributed by atoms with E-state index in [9.17, 15) is 18.4 Å². The summed E-state index contributed by atoms with van der Waals surface area (Å²) in [4.78, 5) is 25.2. The first-order valence-electron chi connectivity index (χ1n) is 4.65. The number of methoxy groups -OCH3 is 1. The van der Waals surface area contributed by atoms with Crippen molar-refractivity contribution >= 4 is 21.9 Å². The topological polar surface area (TPSA) is 59.2 Å². The lowest BCUT2D eigenvalue weighted by Crippen LogP contribution is -2.21. The number of esters is 1. The van der Waals surface area contributed by atoms with Crippen molar-refractivity contribution in [2.45, 2.75) is 18.2 Å². The minimum absolute atomic E-state index is 0.222. The van der Waals surface area contributed by atoms with Crippen molar-refractivity contribution in [3.05, 3.63) is 33.2 Å². The van der Waals surface area contributed by atoms with Crippen molar-refractivity contribution in [3.8, 4) is 0 Å². The Morgan fingerprint density at radius 3 is 2.71 bits per heavy atom. The summed E-state index contributed by atoms with van der Waals surface area (Å²) in [6.07, 6.45) is -2.10. The van der Waals surface area contributed by atoms with Crippen LogP contribution in [0.3, 0.4) is 0 Å². The molecule has 0 spiro atoms. The third-order valence-corrected chi connectivity index (χ3v) is 2.81. The molecule has 0 amide bonds. The van der Waals surface area contributed by atoms with E-state index in [2.05, 4.69) is 25.7 Å². The highest BCUT2D eigenvalue weighted by molar-refractivity contribution is 9.08. The second-order valence-corrected chi connectivity index (χ2v) is 3.78. The average molecular weight is 310 g/mol. The van der Waals surface area contributed by atoms with Crippen molar-refractivity contribution in [2.24, 2.45) is 0 Å². The maximum absolute atomic E-state index is 12.7. The SMILES string of the molecule is COC(=O)Cc1c(C(F)F)[nH]cc(CBr)c1=O. The Morgan fingerprint density at radius 2 is 2.24 bits per heavy atom. The zero-order chi connectivity index (χ0) is 13.0. The second kappa shape index (κ2) is 5.90. The van der Waals surface area contributed by atoms with E-state index in [1.807, 2.05) is 0 Å². The summed E-state index contributed by atoms with van der Waals surface area (Å²) in [7, 11) is 1.13. The van der Waals surface area contributed by atoms with Gasteiger partial charge in [0.2, 0.25) is 0 Å². The molecular formula is C10H10BrF2NO3. The van der Waals surface area contributed by atoms with Gasteiger partial charge in [0.1, 0.15) is 0 Å². The van der Waals surface area contributed by atoms with Gasteiger partial charge in [-0.05, 0) is 0 Å². The molecule has 1 N–H and O–H groups in total. The molecule has 0 unspecified atom stereocenters. The number of rotatable bonds is 4. The Kier molecular flexibility index (Phi) is 4.80. The Labute approximate surface area is 104 Å². The number of H-pyrrole nitrogens is 1. The first-order chi connectivity index (χ1) is 8.01. The molecule has 1 aromatic heterocycles. The highest BCUT2D eigenvalue weighted by Crippen LogP contribution is 2.19. The monoisotopic (exact) mass is 309 g/mol. The molecule has 0 bridgehead atoms. The molecule has 0 aliphatic carbocycles. The van der Waals surface area contributed by atoms with E-state index in [0.717, 1.165) is 7.11 Å². The minimum Gasteiger partial charge on any atom is -0.469 e. The lowest BCUT2D eigenvalue weighted by molar-refractivity contribution is -0.139. The molecule has 1 heterocycles. The maximum Gasteiger partial charge on any atom is 0.310 e. The number of aromatic amines is 1. The highest BCUT2D eigenvalue weighted by Gasteiger charge is 2.20. The molecule has 0 aromatic carbocycles. The third-order valence-electron chi connectivity index (χ3n) is 2.20. The number of carbonyl (C=O) groups is 1. The molecule has 0 aliphatic rings. The molecule has 94 valence electrons. The fourth-order valence-corrected chi connectivity index (χ4v) is 1.74. The summed E-state index contributed by atoms with van der Waals surface area (Å²) < 4.78 is 29.7. The smallest absolute Gasteiger partial charge is 0.310 e. The fourth-order valence-electron chi connectivity index (χ4n) is 1.32. The van der Waals surface area contributed by atoms with E-state index in [4.69, 9.17) is 0 Å². The molecule has 7 heteroatoms. The van der Waals surface area contributed by atoms with E-state index in [1.54, 1.807) is 0 Å². The third kappa shape index (κ3) is 3.12. The molecule has 1 rings (SSSR count). The summed E-state index contributed by atoms with van der Waals surface area (Å²) in [5, 5.41) is 0.222. The van der Waals surface area contributed by atoms with Gasteiger partial charge in [0.25, 0.3) is 6.43 Å². The van der Waals surface area contributed by atoms with E-state index in [0.29, 0.717) is 0 Å². The van der Waals surface area contributed by atoms with Crippen LogP contribution in [0.4, 0.5) is 8.78 Å². The standard InChI is InChI=1S/C10H10BrF2NO3/c1-17-7(15)2-6-8(10(12)13)14-4-5(3-11)9(6)16/h4,10H,2-3H2,1H3,(H,14,16). The van der Waals surface area contributed by atoms with Gasteiger partial charge in [-0.25, -0.2) is 8.78 Å². The van der Waals surface area contributed by atoms with Crippen molar-refractivity contribution in [1.82, 2.24) is 4.98 Å². The van der Waals surface area contributed by atoms with Crippen LogP contribution in [0.2, 0.25) is 0 Å². The molecule has 17 heavy (non-hydrogen) atoms. The summed E-state index contributed by atoms with van der Waals surface area (Å²) in [6, 6.07) is 0. The maximum atomic E-state index is 12.7. The van der Waals surface area contributed by atoms with Gasteiger partial charge in [-0.15, -0.1) is 0 Å². The first kappa shape index (κ1) is 13.8. The summed E-state index contributed by atoms with van der Waals surface area (Å²) in [6.45, 7) is 0. The number of halogens is 3. The number of alkyl halides is 3. The fraction of sp³-hybridized carbons (Fsp3) is 0.400. The van der Waals surface area contributed by atoms with Crippen LogP contribution in [0.5, 0.6) is 0 Å². The van der Waals surface area contributed by atoms with Crippen LogP contribution in [0.15, 0.2) is 11.0 Å². The van der Waals surface area contributed by atoms with Crippen LogP contribution < -0.4 is 5.43 Å².